The van der Waals surface area contributed by atoms with Crippen LogP contribution in [0.2, 0.25) is 0 Å². The Morgan fingerprint density at radius 2 is 1.74 bits per heavy atom. The van der Waals surface area contributed by atoms with E-state index < -0.39 is 0 Å². The first-order chi connectivity index (χ1) is 11.0. The molecule has 2 N–H and O–H groups in total. The van der Waals surface area contributed by atoms with Gasteiger partial charge in [0, 0.05) is 24.3 Å². The van der Waals surface area contributed by atoms with Crippen LogP contribution in [0.4, 0.5) is 5.69 Å². The molecule has 0 radical (unpaired) electrons. The van der Waals surface area contributed by atoms with Crippen molar-refractivity contribution in [2.75, 3.05) is 31.5 Å². The molecule has 1 atom stereocenters. The molecule has 0 fully saturated rings. The number of carbonyl (C=O) groups excluding carboxylic acids is 2. The number of hydrogen-bond donors (Lipinski definition) is 2. The van der Waals surface area contributed by atoms with Crippen molar-refractivity contribution in [1.82, 2.24) is 10.2 Å². The fraction of sp³-hybridized carbons (Fsp3) is 0.529. The Bertz CT molecular complexity index is 501. The Kier molecular flexibility index (Phi) is 8.87. The largest absolute Gasteiger partial charge is 0.351 e. The highest BCUT2D eigenvalue weighted by Gasteiger charge is 2.12. The summed E-state index contributed by atoms with van der Waals surface area (Å²) < 4.78 is 0. The van der Waals surface area contributed by atoms with Gasteiger partial charge < -0.3 is 15.5 Å². The molecule has 1 aromatic carbocycles. The van der Waals surface area contributed by atoms with Crippen molar-refractivity contribution < 1.29 is 9.59 Å². The molecule has 23 heavy (non-hydrogen) atoms. The predicted octanol–water partition coefficient (Wildman–Crippen LogP) is 2.87. The lowest BCUT2D eigenvalue weighted by Gasteiger charge is -2.18. The second kappa shape index (κ2) is 10.4. The number of likely N-dealkylation sites (N-methyl/N-ethyl adjacent to an activating group) is 1. The van der Waals surface area contributed by atoms with Crippen molar-refractivity contribution in [2.24, 2.45) is 0 Å². The van der Waals surface area contributed by atoms with Crippen LogP contribution >= 0.6 is 15.9 Å². The van der Waals surface area contributed by atoms with E-state index in [0.29, 0.717) is 17.8 Å². The van der Waals surface area contributed by atoms with Gasteiger partial charge in [-0.25, -0.2) is 0 Å². The molecule has 0 aliphatic carbocycles. The van der Waals surface area contributed by atoms with Crippen LogP contribution in [-0.4, -0.2) is 47.7 Å². The lowest BCUT2D eigenvalue weighted by molar-refractivity contribution is -0.115. The minimum atomic E-state index is -0.203. The number of amides is 2. The second-order valence-corrected chi connectivity index (χ2v) is 6.33. The molecule has 0 saturated carbocycles. The zero-order valence-electron chi connectivity index (χ0n) is 14.1. The van der Waals surface area contributed by atoms with E-state index >= 15 is 0 Å². The van der Waals surface area contributed by atoms with Crippen LogP contribution in [0.1, 0.15) is 37.6 Å². The Balaban J connectivity index is 2.49. The quantitative estimate of drug-likeness (QED) is 0.644. The minimum absolute atomic E-state index is 0.0797. The maximum Gasteiger partial charge on any atom is 0.251 e. The fourth-order valence-corrected chi connectivity index (χ4v) is 2.19. The van der Waals surface area contributed by atoms with Gasteiger partial charge in [-0.3, -0.25) is 9.59 Å². The Morgan fingerprint density at radius 3 is 2.26 bits per heavy atom. The molecule has 0 bridgehead atoms. The van der Waals surface area contributed by atoms with Gasteiger partial charge in [0.1, 0.15) is 0 Å². The average Bonchev–Trinajstić information content (AvgIpc) is 2.58. The van der Waals surface area contributed by atoms with Gasteiger partial charge in [-0.05, 0) is 43.8 Å². The molecule has 6 heteroatoms. The van der Waals surface area contributed by atoms with Crippen LogP contribution in [-0.2, 0) is 4.79 Å². The second-order valence-electron chi connectivity index (χ2n) is 5.23. The lowest BCUT2D eigenvalue weighted by atomic mass is 10.2. The number of nitrogens with zero attached hydrogens (tertiary/aromatic N) is 1. The van der Waals surface area contributed by atoms with Gasteiger partial charge in [-0.1, -0.05) is 36.7 Å². The summed E-state index contributed by atoms with van der Waals surface area (Å²) in [6.45, 7) is 9.57. The molecule has 128 valence electrons. The molecular formula is C17H26BrN3O2. The number of nitrogens with one attached hydrogen (secondary N) is 2. The monoisotopic (exact) mass is 383 g/mol. The van der Waals surface area contributed by atoms with Crippen LogP contribution in [0.5, 0.6) is 0 Å². The normalized spacial score (nSPS) is 12.0. The number of rotatable bonds is 9. The highest BCUT2D eigenvalue weighted by Crippen LogP contribution is 2.13. The molecular weight excluding hydrogens is 358 g/mol. The van der Waals surface area contributed by atoms with Gasteiger partial charge >= 0.3 is 0 Å². The van der Waals surface area contributed by atoms with E-state index in [4.69, 9.17) is 0 Å². The Morgan fingerprint density at radius 1 is 1.13 bits per heavy atom. The highest BCUT2D eigenvalue weighted by atomic mass is 79.9. The van der Waals surface area contributed by atoms with E-state index in [1.807, 2.05) is 6.92 Å². The van der Waals surface area contributed by atoms with Crippen LogP contribution in [0, 0.1) is 0 Å². The fourth-order valence-electron chi connectivity index (χ4n) is 2.08. The summed E-state index contributed by atoms with van der Waals surface area (Å²) in [5, 5.41) is 5.72. The Hall–Kier alpha value is -1.40. The topological polar surface area (TPSA) is 61.4 Å². The van der Waals surface area contributed by atoms with Gasteiger partial charge in [0.05, 0.1) is 4.83 Å². The molecule has 0 aliphatic heterocycles. The van der Waals surface area contributed by atoms with Crippen LogP contribution in [0.3, 0.4) is 0 Å². The molecule has 5 nitrogen and oxygen atoms in total. The maximum absolute atomic E-state index is 12.1. The summed E-state index contributed by atoms with van der Waals surface area (Å²) in [5.41, 5.74) is 1.28. The van der Waals surface area contributed by atoms with Gasteiger partial charge in [0.15, 0.2) is 0 Å². The van der Waals surface area contributed by atoms with Crippen molar-refractivity contribution in [3.63, 3.8) is 0 Å². The summed E-state index contributed by atoms with van der Waals surface area (Å²) in [5.74, 6) is -0.175. The molecule has 0 saturated heterocycles. The standard InChI is InChI=1S/C17H26BrN3O2/c1-4-15(18)17(23)20-14-9-7-13(8-10-14)16(22)19-11-12-21(5-2)6-3/h7-10,15H,4-6,11-12H2,1-3H3,(H,19,22)(H,20,23). The van der Waals surface area contributed by atoms with Crippen molar-refractivity contribution in [3.05, 3.63) is 29.8 Å². The zero-order valence-corrected chi connectivity index (χ0v) is 15.6. The number of halogens is 1. The summed E-state index contributed by atoms with van der Waals surface area (Å²) >= 11 is 3.31. The van der Waals surface area contributed by atoms with Crippen molar-refractivity contribution in [2.45, 2.75) is 32.0 Å². The van der Waals surface area contributed by atoms with Crippen molar-refractivity contribution in [3.8, 4) is 0 Å². The third-order valence-corrected chi connectivity index (χ3v) is 4.73. The van der Waals surface area contributed by atoms with E-state index in [-0.39, 0.29) is 16.6 Å². The summed E-state index contributed by atoms with van der Waals surface area (Å²) in [7, 11) is 0. The molecule has 0 aromatic heterocycles. The summed E-state index contributed by atoms with van der Waals surface area (Å²) in [6.07, 6.45) is 0.721. The lowest BCUT2D eigenvalue weighted by Crippen LogP contribution is -2.34. The van der Waals surface area contributed by atoms with E-state index in [2.05, 4.69) is 45.3 Å². The Labute approximate surface area is 146 Å². The average molecular weight is 384 g/mol. The first kappa shape index (κ1) is 19.6. The number of anilines is 1. The molecule has 2 amide bonds. The van der Waals surface area contributed by atoms with Crippen molar-refractivity contribution >= 4 is 33.4 Å². The highest BCUT2D eigenvalue weighted by molar-refractivity contribution is 9.10. The summed E-state index contributed by atoms with van der Waals surface area (Å²) in [4.78, 5) is 25.9. The molecule has 1 unspecified atom stereocenters. The third-order valence-electron chi connectivity index (χ3n) is 3.67. The number of carbonyl (C=O) groups is 2. The van der Waals surface area contributed by atoms with Gasteiger partial charge in [0.25, 0.3) is 5.91 Å². The van der Waals surface area contributed by atoms with E-state index in [1.54, 1.807) is 24.3 Å². The predicted molar refractivity (Wildman–Crippen MR) is 98.2 cm³/mol. The number of hydrogen-bond acceptors (Lipinski definition) is 3. The number of alkyl halides is 1. The maximum atomic E-state index is 12.1. The first-order valence-electron chi connectivity index (χ1n) is 8.07. The molecule has 0 aliphatic rings. The van der Waals surface area contributed by atoms with Crippen molar-refractivity contribution in [1.29, 1.82) is 0 Å². The van der Waals surface area contributed by atoms with E-state index in [1.165, 1.54) is 0 Å². The summed E-state index contributed by atoms with van der Waals surface area (Å²) in [6, 6.07) is 6.92. The van der Waals surface area contributed by atoms with Gasteiger partial charge in [-0.15, -0.1) is 0 Å². The van der Waals surface area contributed by atoms with Crippen LogP contribution < -0.4 is 10.6 Å². The van der Waals surface area contributed by atoms with E-state index in [0.717, 1.165) is 26.1 Å². The molecule has 0 heterocycles. The molecule has 1 rings (SSSR count). The van der Waals surface area contributed by atoms with Crippen LogP contribution in [0.15, 0.2) is 24.3 Å². The first-order valence-corrected chi connectivity index (χ1v) is 8.98. The third kappa shape index (κ3) is 6.71. The molecule has 1 aromatic rings. The number of benzene rings is 1. The van der Waals surface area contributed by atoms with Crippen LogP contribution in [0.25, 0.3) is 0 Å². The minimum Gasteiger partial charge on any atom is -0.351 e. The smallest absolute Gasteiger partial charge is 0.251 e. The zero-order chi connectivity index (χ0) is 17.2. The van der Waals surface area contributed by atoms with Gasteiger partial charge in [0.2, 0.25) is 5.91 Å². The van der Waals surface area contributed by atoms with Gasteiger partial charge in [-0.2, -0.15) is 0 Å². The molecule has 0 spiro atoms. The SMILES string of the molecule is CCC(Br)C(=O)Nc1ccc(C(=O)NCCN(CC)CC)cc1. The van der Waals surface area contributed by atoms with E-state index in [9.17, 15) is 9.59 Å².